The van der Waals surface area contributed by atoms with Crippen LogP contribution in [-0.4, -0.2) is 26.7 Å². The predicted molar refractivity (Wildman–Crippen MR) is 72.6 cm³/mol. The van der Waals surface area contributed by atoms with Crippen molar-refractivity contribution in [2.24, 2.45) is 0 Å². The fraction of sp³-hybridized carbons (Fsp3) is 0.333. The molecule has 106 valence electrons. The van der Waals surface area contributed by atoms with E-state index >= 15 is 0 Å². The zero-order valence-electron chi connectivity index (χ0n) is 11.0. The first kappa shape index (κ1) is 13.8. The Morgan fingerprint density at radius 2 is 2.30 bits per heavy atom. The van der Waals surface area contributed by atoms with Crippen LogP contribution in [0, 0.1) is 10.1 Å². The van der Waals surface area contributed by atoms with E-state index in [1.165, 1.54) is 18.5 Å². The van der Waals surface area contributed by atoms with Gasteiger partial charge in [0.25, 0.3) is 5.69 Å². The van der Waals surface area contributed by atoms with Crippen LogP contribution in [-0.2, 0) is 6.54 Å². The number of H-pyrrole nitrogens is 1. The van der Waals surface area contributed by atoms with E-state index in [1.54, 1.807) is 6.07 Å². The Hall–Kier alpha value is -2.64. The maximum absolute atomic E-state index is 10.9. The number of hydrogen-bond acceptors (Lipinski definition) is 6. The number of nitrogens with zero attached hydrogens (tertiary/aromatic N) is 3. The summed E-state index contributed by atoms with van der Waals surface area (Å²) in [7, 11) is 0. The van der Waals surface area contributed by atoms with Crippen LogP contribution in [0.15, 0.2) is 24.5 Å². The topological polar surface area (TPSA) is 106 Å². The number of aromatic nitrogens is 3. The van der Waals surface area contributed by atoms with Crippen molar-refractivity contribution < 1.29 is 9.66 Å². The Kier molecular flexibility index (Phi) is 4.48. The van der Waals surface area contributed by atoms with Crippen molar-refractivity contribution in [3.63, 3.8) is 0 Å². The first-order chi connectivity index (χ1) is 9.69. The number of rotatable bonds is 7. The molecule has 2 rings (SSSR count). The molecule has 0 atom stereocenters. The second kappa shape index (κ2) is 6.50. The third-order valence-electron chi connectivity index (χ3n) is 2.50. The summed E-state index contributed by atoms with van der Waals surface area (Å²) < 4.78 is 5.44. The summed E-state index contributed by atoms with van der Waals surface area (Å²) in [4.78, 5) is 14.4. The van der Waals surface area contributed by atoms with Crippen LogP contribution in [0.5, 0.6) is 5.75 Å². The molecule has 0 bridgehead atoms. The van der Waals surface area contributed by atoms with E-state index in [2.05, 4.69) is 20.5 Å². The molecule has 0 unspecified atom stereocenters. The van der Waals surface area contributed by atoms with Crippen LogP contribution < -0.4 is 10.1 Å². The molecule has 0 saturated carbocycles. The van der Waals surface area contributed by atoms with E-state index in [1.807, 2.05) is 6.92 Å². The molecule has 8 nitrogen and oxygen atoms in total. The van der Waals surface area contributed by atoms with E-state index in [-0.39, 0.29) is 5.69 Å². The van der Waals surface area contributed by atoms with Gasteiger partial charge in [0.05, 0.1) is 24.1 Å². The summed E-state index contributed by atoms with van der Waals surface area (Å²) in [6.45, 7) is 2.89. The lowest BCUT2D eigenvalue weighted by Crippen LogP contribution is -2.03. The highest BCUT2D eigenvalue weighted by atomic mass is 16.6. The average molecular weight is 277 g/mol. The lowest BCUT2D eigenvalue weighted by molar-refractivity contribution is -0.384. The van der Waals surface area contributed by atoms with Crippen molar-refractivity contribution in [1.82, 2.24) is 15.2 Å². The van der Waals surface area contributed by atoms with Crippen LogP contribution in [0.4, 0.5) is 11.4 Å². The van der Waals surface area contributed by atoms with Crippen LogP contribution in [0.3, 0.4) is 0 Å². The third kappa shape index (κ3) is 3.67. The SMILES string of the molecule is CCCOc1cc(NCc2ncn[nH]2)cc([N+](=O)[O-])c1. The number of ether oxygens (including phenoxy) is 1. The first-order valence-corrected chi connectivity index (χ1v) is 6.19. The Balaban J connectivity index is 2.13. The van der Waals surface area contributed by atoms with E-state index < -0.39 is 4.92 Å². The number of nitro benzene ring substituents is 1. The lowest BCUT2D eigenvalue weighted by Gasteiger charge is -2.08. The monoisotopic (exact) mass is 277 g/mol. The fourth-order valence-electron chi connectivity index (χ4n) is 1.60. The summed E-state index contributed by atoms with van der Waals surface area (Å²) in [5.41, 5.74) is 0.584. The highest BCUT2D eigenvalue weighted by Crippen LogP contribution is 2.26. The second-order valence-electron chi connectivity index (χ2n) is 4.11. The molecule has 0 fully saturated rings. The second-order valence-corrected chi connectivity index (χ2v) is 4.11. The summed E-state index contributed by atoms with van der Waals surface area (Å²) in [5.74, 6) is 1.12. The highest BCUT2D eigenvalue weighted by Gasteiger charge is 2.10. The summed E-state index contributed by atoms with van der Waals surface area (Å²) >= 11 is 0. The van der Waals surface area contributed by atoms with Gasteiger partial charge in [-0.05, 0) is 6.42 Å². The molecule has 0 aliphatic rings. The smallest absolute Gasteiger partial charge is 0.275 e. The highest BCUT2D eigenvalue weighted by molar-refractivity contribution is 5.56. The van der Waals surface area contributed by atoms with Crippen molar-refractivity contribution >= 4 is 11.4 Å². The van der Waals surface area contributed by atoms with Gasteiger partial charge in [0.2, 0.25) is 0 Å². The predicted octanol–water partition coefficient (Wildman–Crippen LogP) is 2.11. The normalized spacial score (nSPS) is 10.2. The van der Waals surface area contributed by atoms with E-state index in [4.69, 9.17) is 4.74 Å². The van der Waals surface area contributed by atoms with Gasteiger partial charge in [0.1, 0.15) is 17.9 Å². The molecule has 1 aromatic carbocycles. The summed E-state index contributed by atoms with van der Waals surface area (Å²) in [5, 5.41) is 20.4. The number of benzene rings is 1. The number of nitro groups is 1. The minimum Gasteiger partial charge on any atom is -0.493 e. The summed E-state index contributed by atoms with van der Waals surface area (Å²) in [6, 6.07) is 4.59. The van der Waals surface area contributed by atoms with Gasteiger partial charge in [-0.25, -0.2) is 4.98 Å². The number of aromatic amines is 1. The van der Waals surface area contributed by atoms with Gasteiger partial charge in [-0.1, -0.05) is 6.92 Å². The van der Waals surface area contributed by atoms with E-state index in [9.17, 15) is 10.1 Å². The minimum absolute atomic E-state index is 0.0151. The molecule has 1 heterocycles. The maximum atomic E-state index is 10.9. The van der Waals surface area contributed by atoms with Gasteiger partial charge < -0.3 is 10.1 Å². The molecular formula is C12H15N5O3. The van der Waals surface area contributed by atoms with Crippen LogP contribution >= 0.6 is 0 Å². The fourth-order valence-corrected chi connectivity index (χ4v) is 1.60. The van der Waals surface area contributed by atoms with Gasteiger partial charge in [-0.3, -0.25) is 15.2 Å². The Labute approximate surface area is 115 Å². The standard InChI is InChI=1S/C12H15N5O3/c1-2-3-20-11-5-9(4-10(6-11)17(18)19)13-7-12-14-8-15-16-12/h4-6,8,13H,2-3,7H2,1H3,(H,14,15,16). The lowest BCUT2D eigenvalue weighted by atomic mass is 10.2. The number of hydrogen-bond donors (Lipinski definition) is 2. The first-order valence-electron chi connectivity index (χ1n) is 6.19. The van der Waals surface area contributed by atoms with Crippen molar-refractivity contribution in [2.75, 3.05) is 11.9 Å². The number of nitrogens with one attached hydrogen (secondary N) is 2. The molecular weight excluding hydrogens is 262 g/mol. The molecule has 2 aromatic rings. The average Bonchev–Trinajstić information content (AvgIpc) is 2.96. The van der Waals surface area contributed by atoms with Crippen LogP contribution in [0.25, 0.3) is 0 Å². The van der Waals surface area contributed by atoms with Crippen molar-refractivity contribution in [3.8, 4) is 5.75 Å². The molecule has 0 saturated heterocycles. The van der Waals surface area contributed by atoms with E-state index in [0.29, 0.717) is 30.4 Å². The van der Waals surface area contributed by atoms with E-state index in [0.717, 1.165) is 6.42 Å². The van der Waals surface area contributed by atoms with Gasteiger partial charge in [-0.2, -0.15) is 5.10 Å². The third-order valence-corrected chi connectivity index (χ3v) is 2.50. The van der Waals surface area contributed by atoms with Gasteiger partial charge in [0.15, 0.2) is 0 Å². The molecule has 0 amide bonds. The summed E-state index contributed by atoms with van der Waals surface area (Å²) in [6.07, 6.45) is 2.24. The minimum atomic E-state index is -0.446. The van der Waals surface area contributed by atoms with Crippen LogP contribution in [0.2, 0.25) is 0 Å². The molecule has 0 radical (unpaired) electrons. The molecule has 0 aliphatic carbocycles. The number of non-ortho nitro benzene ring substituents is 1. The van der Waals surface area contributed by atoms with Gasteiger partial charge in [-0.15, -0.1) is 0 Å². The Bertz CT molecular complexity index is 570. The molecule has 0 spiro atoms. The van der Waals surface area contributed by atoms with Crippen molar-refractivity contribution in [2.45, 2.75) is 19.9 Å². The molecule has 8 heteroatoms. The van der Waals surface area contributed by atoms with Gasteiger partial charge >= 0.3 is 0 Å². The van der Waals surface area contributed by atoms with Crippen LogP contribution in [0.1, 0.15) is 19.2 Å². The quantitative estimate of drug-likeness (QED) is 0.593. The van der Waals surface area contributed by atoms with Crippen molar-refractivity contribution in [1.29, 1.82) is 0 Å². The molecule has 20 heavy (non-hydrogen) atoms. The number of anilines is 1. The zero-order valence-corrected chi connectivity index (χ0v) is 11.0. The Morgan fingerprint density at radius 3 is 2.95 bits per heavy atom. The van der Waals surface area contributed by atoms with Gasteiger partial charge in [0, 0.05) is 17.8 Å². The molecule has 2 N–H and O–H groups in total. The zero-order chi connectivity index (χ0) is 14.4. The maximum Gasteiger partial charge on any atom is 0.275 e. The Morgan fingerprint density at radius 1 is 1.45 bits per heavy atom. The largest absolute Gasteiger partial charge is 0.493 e. The van der Waals surface area contributed by atoms with Crippen molar-refractivity contribution in [3.05, 3.63) is 40.5 Å². The molecule has 1 aromatic heterocycles. The molecule has 0 aliphatic heterocycles.